The number of methoxy groups -OCH3 is 2. The second kappa shape index (κ2) is 6.30. The zero-order chi connectivity index (χ0) is 14.5. The summed E-state index contributed by atoms with van der Waals surface area (Å²) < 4.78 is 10.4. The summed E-state index contributed by atoms with van der Waals surface area (Å²) in [5, 5.41) is 3.20. The van der Waals surface area contributed by atoms with Crippen LogP contribution in [0, 0.1) is 0 Å². The Hall–Kier alpha value is -2.20. The number of benzene rings is 2. The van der Waals surface area contributed by atoms with Gasteiger partial charge in [0.05, 0.1) is 30.5 Å². The summed E-state index contributed by atoms with van der Waals surface area (Å²) in [5.74, 6) is 0.645. The van der Waals surface area contributed by atoms with Crippen LogP contribution in [0.1, 0.15) is 10.4 Å². The van der Waals surface area contributed by atoms with Crippen molar-refractivity contribution >= 4 is 23.2 Å². The molecular weight excluding hydrogens is 278 g/mol. The van der Waals surface area contributed by atoms with Crippen molar-refractivity contribution in [3.05, 3.63) is 53.1 Å². The van der Waals surface area contributed by atoms with E-state index in [-0.39, 0.29) is 5.91 Å². The molecule has 0 aliphatic heterocycles. The van der Waals surface area contributed by atoms with Crippen LogP contribution in [0.2, 0.25) is 5.02 Å². The average Bonchev–Trinajstić information content (AvgIpc) is 2.47. The average molecular weight is 292 g/mol. The Bertz CT molecular complexity index is 628. The Morgan fingerprint density at radius 1 is 1.05 bits per heavy atom. The van der Waals surface area contributed by atoms with Gasteiger partial charge in [0.2, 0.25) is 0 Å². The van der Waals surface area contributed by atoms with Crippen molar-refractivity contribution in [2.45, 2.75) is 0 Å². The molecular formula is C15H14ClNO3. The summed E-state index contributed by atoms with van der Waals surface area (Å²) in [7, 11) is 3.02. The number of ether oxygens (including phenoxy) is 2. The number of nitrogens with one attached hydrogen (secondary N) is 1. The topological polar surface area (TPSA) is 47.6 Å². The number of hydrogen-bond acceptors (Lipinski definition) is 3. The van der Waals surface area contributed by atoms with Crippen LogP contribution in [0.15, 0.2) is 42.5 Å². The van der Waals surface area contributed by atoms with Gasteiger partial charge < -0.3 is 14.8 Å². The monoisotopic (exact) mass is 291 g/mol. The van der Waals surface area contributed by atoms with Gasteiger partial charge in [0.1, 0.15) is 5.75 Å². The Balaban J connectivity index is 2.31. The lowest BCUT2D eigenvalue weighted by Crippen LogP contribution is -2.13. The molecule has 0 aliphatic rings. The number of halogens is 1. The fraction of sp³-hybridized carbons (Fsp3) is 0.133. The highest BCUT2D eigenvalue weighted by Crippen LogP contribution is 2.33. The molecule has 2 aromatic rings. The second-order valence-electron chi connectivity index (χ2n) is 3.98. The van der Waals surface area contributed by atoms with Crippen LogP contribution in [0.4, 0.5) is 5.69 Å². The molecule has 1 N–H and O–H groups in total. The molecule has 0 bridgehead atoms. The molecule has 0 saturated heterocycles. The number of carbonyl (C=O) groups excluding carboxylic acids is 1. The highest BCUT2D eigenvalue weighted by atomic mass is 35.5. The maximum atomic E-state index is 12.3. The molecule has 0 aliphatic carbocycles. The van der Waals surface area contributed by atoms with Gasteiger partial charge in [-0.15, -0.1) is 0 Å². The van der Waals surface area contributed by atoms with Gasteiger partial charge in [0, 0.05) is 0 Å². The maximum Gasteiger partial charge on any atom is 0.259 e. The van der Waals surface area contributed by atoms with Gasteiger partial charge in [-0.25, -0.2) is 0 Å². The lowest BCUT2D eigenvalue weighted by molar-refractivity contribution is 0.102. The van der Waals surface area contributed by atoms with Crippen LogP contribution in [-0.4, -0.2) is 20.1 Å². The summed E-state index contributed by atoms with van der Waals surface area (Å²) in [6.45, 7) is 0. The summed E-state index contributed by atoms with van der Waals surface area (Å²) >= 11 is 6.02. The van der Waals surface area contributed by atoms with Crippen molar-refractivity contribution in [1.82, 2.24) is 0 Å². The van der Waals surface area contributed by atoms with E-state index in [4.69, 9.17) is 21.1 Å². The van der Waals surface area contributed by atoms with E-state index in [1.807, 2.05) is 0 Å². The van der Waals surface area contributed by atoms with Crippen molar-refractivity contribution in [2.75, 3.05) is 19.5 Å². The van der Waals surface area contributed by atoms with Crippen molar-refractivity contribution in [3.63, 3.8) is 0 Å². The minimum atomic E-state index is -0.289. The number of rotatable bonds is 4. The van der Waals surface area contributed by atoms with E-state index in [0.717, 1.165) is 0 Å². The van der Waals surface area contributed by atoms with E-state index in [2.05, 4.69) is 5.32 Å². The summed E-state index contributed by atoms with van der Waals surface area (Å²) in [6.07, 6.45) is 0. The molecule has 2 rings (SSSR count). The van der Waals surface area contributed by atoms with Crippen molar-refractivity contribution in [2.24, 2.45) is 0 Å². The minimum Gasteiger partial charge on any atom is -0.496 e. The standard InChI is InChI=1S/C15H14ClNO3/c1-19-13-9-4-3-6-10(13)15(18)17-12-8-5-7-11(16)14(12)20-2/h3-9H,1-2H3,(H,17,18). The molecule has 0 heterocycles. The predicted molar refractivity (Wildman–Crippen MR) is 79.0 cm³/mol. The first-order chi connectivity index (χ1) is 9.67. The maximum absolute atomic E-state index is 12.3. The number of amides is 1. The van der Waals surface area contributed by atoms with E-state index < -0.39 is 0 Å². The van der Waals surface area contributed by atoms with Crippen LogP contribution in [0.5, 0.6) is 11.5 Å². The Morgan fingerprint density at radius 3 is 2.50 bits per heavy atom. The highest BCUT2D eigenvalue weighted by molar-refractivity contribution is 6.32. The molecule has 0 fully saturated rings. The molecule has 0 saturated carbocycles. The summed E-state index contributed by atoms with van der Waals surface area (Å²) in [6, 6.07) is 12.1. The van der Waals surface area contributed by atoms with Crippen molar-refractivity contribution < 1.29 is 14.3 Å². The highest BCUT2D eigenvalue weighted by Gasteiger charge is 2.15. The SMILES string of the molecule is COc1ccccc1C(=O)Nc1cccc(Cl)c1OC. The smallest absolute Gasteiger partial charge is 0.259 e. The third-order valence-corrected chi connectivity index (χ3v) is 3.07. The molecule has 1 amide bonds. The van der Waals surface area contributed by atoms with Gasteiger partial charge in [-0.3, -0.25) is 4.79 Å². The van der Waals surface area contributed by atoms with E-state index in [1.54, 1.807) is 42.5 Å². The number of hydrogen-bond donors (Lipinski definition) is 1. The fourth-order valence-electron chi connectivity index (χ4n) is 1.84. The quantitative estimate of drug-likeness (QED) is 0.936. The second-order valence-corrected chi connectivity index (χ2v) is 4.38. The van der Waals surface area contributed by atoms with Crippen LogP contribution >= 0.6 is 11.6 Å². The first-order valence-corrected chi connectivity index (χ1v) is 6.32. The third kappa shape index (κ3) is 2.86. The number of anilines is 1. The normalized spacial score (nSPS) is 9.95. The van der Waals surface area contributed by atoms with Crippen molar-refractivity contribution in [3.8, 4) is 11.5 Å². The van der Waals surface area contributed by atoms with E-state index >= 15 is 0 Å². The largest absolute Gasteiger partial charge is 0.496 e. The van der Waals surface area contributed by atoms with Gasteiger partial charge in [-0.1, -0.05) is 29.8 Å². The van der Waals surface area contributed by atoms with E-state index in [9.17, 15) is 4.79 Å². The van der Waals surface area contributed by atoms with Gasteiger partial charge in [0.25, 0.3) is 5.91 Å². The Labute approximate surface area is 122 Å². The zero-order valence-electron chi connectivity index (χ0n) is 11.1. The van der Waals surface area contributed by atoms with Gasteiger partial charge >= 0.3 is 0 Å². The molecule has 4 nitrogen and oxygen atoms in total. The lowest BCUT2D eigenvalue weighted by Gasteiger charge is -2.12. The molecule has 0 radical (unpaired) electrons. The fourth-order valence-corrected chi connectivity index (χ4v) is 2.09. The van der Waals surface area contributed by atoms with E-state index in [1.165, 1.54) is 14.2 Å². The minimum absolute atomic E-state index is 0.289. The first kappa shape index (κ1) is 14.2. The van der Waals surface area contributed by atoms with Gasteiger partial charge in [-0.05, 0) is 24.3 Å². The molecule has 2 aromatic carbocycles. The first-order valence-electron chi connectivity index (χ1n) is 5.94. The zero-order valence-corrected chi connectivity index (χ0v) is 11.9. The summed E-state index contributed by atoms with van der Waals surface area (Å²) in [5.41, 5.74) is 0.952. The van der Waals surface area contributed by atoms with Gasteiger partial charge in [0.15, 0.2) is 5.75 Å². The third-order valence-electron chi connectivity index (χ3n) is 2.77. The molecule has 104 valence electrons. The van der Waals surface area contributed by atoms with Crippen LogP contribution in [0.25, 0.3) is 0 Å². The molecule has 0 aromatic heterocycles. The van der Waals surface area contributed by atoms with E-state index in [0.29, 0.717) is 27.8 Å². The summed E-state index contributed by atoms with van der Waals surface area (Å²) in [4.78, 5) is 12.3. The molecule has 0 atom stereocenters. The predicted octanol–water partition coefficient (Wildman–Crippen LogP) is 3.61. The Morgan fingerprint density at radius 2 is 1.80 bits per heavy atom. The Kier molecular flexibility index (Phi) is 4.48. The van der Waals surface area contributed by atoms with Gasteiger partial charge in [-0.2, -0.15) is 0 Å². The van der Waals surface area contributed by atoms with Crippen LogP contribution in [-0.2, 0) is 0 Å². The molecule has 0 unspecified atom stereocenters. The lowest BCUT2D eigenvalue weighted by atomic mass is 10.2. The van der Waals surface area contributed by atoms with Crippen molar-refractivity contribution in [1.29, 1.82) is 0 Å². The molecule has 20 heavy (non-hydrogen) atoms. The van der Waals surface area contributed by atoms with Crippen LogP contribution < -0.4 is 14.8 Å². The molecule has 0 spiro atoms. The number of carbonyl (C=O) groups is 1. The van der Waals surface area contributed by atoms with Crippen LogP contribution in [0.3, 0.4) is 0 Å². The molecule has 5 heteroatoms. The number of para-hydroxylation sites is 2.